The van der Waals surface area contributed by atoms with E-state index in [1.165, 1.54) is 6.92 Å². The normalized spacial score (nSPS) is 15.2. The average molecular weight is 507 g/mol. The molecule has 0 fully saturated rings. The number of fused-ring (bicyclic) bond motifs is 1. The van der Waals surface area contributed by atoms with Crippen molar-refractivity contribution >= 4 is 40.5 Å². The van der Waals surface area contributed by atoms with Gasteiger partial charge in [-0.15, -0.1) is 0 Å². The van der Waals surface area contributed by atoms with Crippen LogP contribution in [-0.4, -0.2) is 86.8 Å². The quantitative estimate of drug-likeness (QED) is 0.133. The van der Waals surface area contributed by atoms with Crippen LogP contribution in [0.15, 0.2) is 30.5 Å². The predicted molar refractivity (Wildman–Crippen MR) is 126 cm³/mol. The number of carboxylic acids is 1. The number of nitrogens with two attached hydrogens (primary N) is 2. The van der Waals surface area contributed by atoms with E-state index in [1.807, 2.05) is 0 Å². The maximum atomic E-state index is 12.9. The summed E-state index contributed by atoms with van der Waals surface area (Å²) in [5.41, 5.74) is 12.0. The molecule has 11 N–H and O–H groups in total. The van der Waals surface area contributed by atoms with Crippen LogP contribution >= 0.6 is 0 Å². The van der Waals surface area contributed by atoms with E-state index in [-0.39, 0.29) is 6.42 Å². The van der Waals surface area contributed by atoms with Gasteiger partial charge in [-0.2, -0.15) is 0 Å². The molecule has 1 aromatic heterocycles. The number of hydrogen-bond acceptors (Lipinski definition) is 8. The van der Waals surface area contributed by atoms with Crippen molar-refractivity contribution in [3.05, 3.63) is 36.0 Å². The molecule has 36 heavy (non-hydrogen) atoms. The van der Waals surface area contributed by atoms with Crippen LogP contribution in [0.25, 0.3) is 10.9 Å². The van der Waals surface area contributed by atoms with Gasteiger partial charge in [0.05, 0.1) is 19.1 Å². The first-order valence-electron chi connectivity index (χ1n) is 11.0. The van der Waals surface area contributed by atoms with E-state index in [0.717, 1.165) is 10.9 Å². The Morgan fingerprint density at radius 3 is 2.22 bits per heavy atom. The summed E-state index contributed by atoms with van der Waals surface area (Å²) in [7, 11) is 0. The Bertz CT molecular complexity index is 1120. The highest BCUT2D eigenvalue weighted by Gasteiger charge is 2.33. The molecule has 0 bridgehead atoms. The first-order chi connectivity index (χ1) is 16.9. The fourth-order valence-electron chi connectivity index (χ4n) is 3.41. The summed E-state index contributed by atoms with van der Waals surface area (Å²) < 4.78 is 0. The summed E-state index contributed by atoms with van der Waals surface area (Å²) in [4.78, 5) is 63.9. The standard InChI is InChI=1S/C22H30N6O8/c1-10(30)18(28-19(32)13(23)9-29)21(34)26-15(7-17(24)31)20(33)27-16(22(35)36)6-11-8-25-14-5-3-2-4-12(11)14/h2-5,8,10,13,15-16,18,25,29-30H,6-7,9,23H2,1H3,(H2,24,31)(H,26,34)(H,27,33)(H,28,32)(H,35,36). The summed E-state index contributed by atoms with van der Waals surface area (Å²) in [5.74, 6) is -5.35. The summed E-state index contributed by atoms with van der Waals surface area (Å²) in [6.07, 6.45) is -0.630. The molecule has 14 heteroatoms. The number of carboxylic acid groups (broad SMARTS) is 1. The molecule has 0 spiro atoms. The van der Waals surface area contributed by atoms with Crippen LogP contribution in [0.1, 0.15) is 18.9 Å². The van der Waals surface area contributed by atoms with Crippen LogP contribution in [0.4, 0.5) is 0 Å². The highest BCUT2D eigenvalue weighted by molar-refractivity contribution is 5.96. The van der Waals surface area contributed by atoms with Gasteiger partial charge in [0.25, 0.3) is 0 Å². The van der Waals surface area contributed by atoms with Gasteiger partial charge in [-0.3, -0.25) is 19.2 Å². The number of hydrogen-bond donors (Lipinski definition) is 9. The first-order valence-corrected chi connectivity index (χ1v) is 11.0. The number of carbonyl (C=O) groups excluding carboxylic acids is 4. The molecule has 5 atom stereocenters. The van der Waals surface area contributed by atoms with E-state index in [2.05, 4.69) is 20.9 Å². The van der Waals surface area contributed by atoms with E-state index < -0.39 is 72.9 Å². The summed E-state index contributed by atoms with van der Waals surface area (Å²) >= 11 is 0. The molecule has 0 saturated carbocycles. The molecule has 0 saturated heterocycles. The summed E-state index contributed by atoms with van der Waals surface area (Å²) in [6, 6.07) is 1.17. The van der Waals surface area contributed by atoms with E-state index >= 15 is 0 Å². The number of carbonyl (C=O) groups is 5. The number of H-pyrrole nitrogens is 1. The molecule has 1 heterocycles. The number of para-hydroxylation sites is 1. The number of aromatic nitrogens is 1. The minimum Gasteiger partial charge on any atom is -0.480 e. The molecule has 0 radical (unpaired) electrons. The van der Waals surface area contributed by atoms with E-state index in [9.17, 15) is 34.2 Å². The maximum absolute atomic E-state index is 12.9. The van der Waals surface area contributed by atoms with Gasteiger partial charge in [0.2, 0.25) is 23.6 Å². The third-order valence-corrected chi connectivity index (χ3v) is 5.35. The van der Waals surface area contributed by atoms with Crippen molar-refractivity contribution in [2.45, 2.75) is 50.0 Å². The van der Waals surface area contributed by atoms with Gasteiger partial charge >= 0.3 is 5.97 Å². The van der Waals surface area contributed by atoms with Crippen molar-refractivity contribution in [3.63, 3.8) is 0 Å². The zero-order valence-corrected chi connectivity index (χ0v) is 19.4. The Kier molecular flexibility index (Phi) is 9.90. The average Bonchev–Trinajstić information content (AvgIpc) is 3.22. The number of aliphatic carboxylic acids is 1. The van der Waals surface area contributed by atoms with Crippen molar-refractivity contribution < 1.29 is 39.3 Å². The number of rotatable bonds is 13. The minimum atomic E-state index is -1.61. The van der Waals surface area contributed by atoms with Gasteiger partial charge in [0.1, 0.15) is 24.2 Å². The molecule has 2 aromatic rings. The zero-order valence-electron chi connectivity index (χ0n) is 19.4. The van der Waals surface area contributed by atoms with Crippen molar-refractivity contribution in [2.24, 2.45) is 11.5 Å². The van der Waals surface area contributed by atoms with Crippen molar-refractivity contribution in [2.75, 3.05) is 6.61 Å². The summed E-state index contributed by atoms with van der Waals surface area (Å²) in [5, 5.41) is 35.9. The zero-order chi connectivity index (χ0) is 27.0. The van der Waals surface area contributed by atoms with Gasteiger partial charge < -0.3 is 47.7 Å². The SMILES string of the molecule is CC(O)C(NC(=O)C(N)CO)C(=O)NC(CC(N)=O)C(=O)NC(Cc1c[nH]c2ccccc12)C(=O)O. The number of primary amides is 1. The fourth-order valence-corrected chi connectivity index (χ4v) is 3.41. The van der Waals surface area contributed by atoms with Crippen molar-refractivity contribution in [1.29, 1.82) is 0 Å². The van der Waals surface area contributed by atoms with Crippen LogP contribution in [0.3, 0.4) is 0 Å². The van der Waals surface area contributed by atoms with Gasteiger partial charge in [0.15, 0.2) is 0 Å². The Hall–Kier alpha value is -4.01. The third-order valence-electron chi connectivity index (χ3n) is 5.35. The number of aliphatic hydroxyl groups is 2. The Morgan fingerprint density at radius 1 is 1.00 bits per heavy atom. The molecule has 2 rings (SSSR count). The van der Waals surface area contributed by atoms with E-state index in [4.69, 9.17) is 16.6 Å². The predicted octanol–water partition coefficient (Wildman–Crippen LogP) is -3.17. The van der Waals surface area contributed by atoms with Crippen molar-refractivity contribution in [1.82, 2.24) is 20.9 Å². The lowest BCUT2D eigenvalue weighted by Gasteiger charge is -2.25. The highest BCUT2D eigenvalue weighted by Crippen LogP contribution is 2.19. The number of aromatic amines is 1. The molecule has 5 unspecified atom stereocenters. The van der Waals surface area contributed by atoms with E-state index in [0.29, 0.717) is 5.56 Å². The van der Waals surface area contributed by atoms with Gasteiger partial charge in [0, 0.05) is 23.5 Å². The Balaban J connectivity index is 2.18. The smallest absolute Gasteiger partial charge is 0.326 e. The van der Waals surface area contributed by atoms with Crippen LogP contribution in [0, 0.1) is 0 Å². The molecule has 0 aliphatic carbocycles. The molecule has 0 aliphatic heterocycles. The second kappa shape index (κ2) is 12.6. The molecule has 1 aromatic carbocycles. The fraction of sp³-hybridized carbons (Fsp3) is 0.409. The monoisotopic (exact) mass is 506 g/mol. The third kappa shape index (κ3) is 7.49. The van der Waals surface area contributed by atoms with Crippen LogP contribution in [0.2, 0.25) is 0 Å². The van der Waals surface area contributed by atoms with Gasteiger partial charge in [-0.1, -0.05) is 18.2 Å². The van der Waals surface area contributed by atoms with Crippen LogP contribution < -0.4 is 27.4 Å². The topological polar surface area (TPSA) is 250 Å². The lowest BCUT2D eigenvalue weighted by Crippen LogP contribution is -2.60. The molecular formula is C22H30N6O8. The number of aliphatic hydroxyl groups excluding tert-OH is 2. The van der Waals surface area contributed by atoms with Gasteiger partial charge in [-0.05, 0) is 18.6 Å². The molecular weight excluding hydrogens is 476 g/mol. The molecule has 0 aliphatic rings. The second-order valence-corrected chi connectivity index (χ2v) is 8.21. The number of amides is 4. The molecule has 14 nitrogen and oxygen atoms in total. The Labute approximate surface area is 205 Å². The minimum absolute atomic E-state index is 0.103. The van der Waals surface area contributed by atoms with Crippen LogP contribution in [0.5, 0.6) is 0 Å². The first kappa shape index (κ1) is 28.2. The highest BCUT2D eigenvalue weighted by atomic mass is 16.4. The lowest BCUT2D eigenvalue weighted by atomic mass is 10.0. The number of nitrogens with one attached hydrogen (secondary N) is 4. The largest absolute Gasteiger partial charge is 0.480 e. The summed E-state index contributed by atoms with van der Waals surface area (Å²) in [6.45, 7) is 0.458. The van der Waals surface area contributed by atoms with Crippen LogP contribution in [-0.2, 0) is 30.4 Å². The lowest BCUT2D eigenvalue weighted by molar-refractivity contribution is -0.142. The maximum Gasteiger partial charge on any atom is 0.326 e. The number of benzene rings is 1. The van der Waals surface area contributed by atoms with Gasteiger partial charge in [-0.25, -0.2) is 4.79 Å². The van der Waals surface area contributed by atoms with E-state index in [1.54, 1.807) is 30.5 Å². The van der Waals surface area contributed by atoms with Crippen molar-refractivity contribution in [3.8, 4) is 0 Å². The second-order valence-electron chi connectivity index (χ2n) is 8.21. The molecule has 4 amide bonds. The molecule has 196 valence electrons. The Morgan fingerprint density at radius 2 is 1.64 bits per heavy atom.